The van der Waals surface area contributed by atoms with Gasteiger partial charge in [0.15, 0.2) is 0 Å². The van der Waals surface area contributed by atoms with E-state index in [1.54, 1.807) is 0 Å². The largest absolute Gasteiger partial charge is 0.390 e. The molecule has 0 heterocycles. The average Bonchev–Trinajstić information content (AvgIpc) is 2.16. The van der Waals surface area contributed by atoms with Crippen molar-refractivity contribution in [1.82, 2.24) is 0 Å². The van der Waals surface area contributed by atoms with Crippen LogP contribution in [0.1, 0.15) is 18.1 Å². The average molecular weight is 255 g/mol. The molecule has 1 rings (SSSR count). The third kappa shape index (κ3) is 2.87. The summed E-state index contributed by atoms with van der Waals surface area (Å²) < 4.78 is 38.9. The summed E-state index contributed by atoms with van der Waals surface area (Å²) in [6.45, 7) is 0. The van der Waals surface area contributed by atoms with Crippen LogP contribution in [0.25, 0.3) is 0 Å². The van der Waals surface area contributed by atoms with Crippen LogP contribution < -0.4 is 0 Å². The Morgan fingerprint density at radius 3 is 2.06 bits per heavy atom. The van der Waals surface area contributed by atoms with Crippen LogP contribution in [0.15, 0.2) is 12.1 Å². The minimum absolute atomic E-state index is 0.0288. The van der Waals surface area contributed by atoms with Crippen LogP contribution in [0.2, 0.25) is 0 Å². The van der Waals surface area contributed by atoms with Gasteiger partial charge in [0.1, 0.15) is 23.6 Å². The van der Waals surface area contributed by atoms with E-state index in [1.165, 1.54) is 0 Å². The smallest absolute Gasteiger partial charge is 0.134 e. The van der Waals surface area contributed by atoms with Crippen LogP contribution in [-0.2, 0) is 0 Å². The zero-order chi connectivity index (χ0) is 12.3. The van der Waals surface area contributed by atoms with E-state index in [9.17, 15) is 23.4 Å². The van der Waals surface area contributed by atoms with Gasteiger partial charge in [-0.2, -0.15) is 0 Å². The van der Waals surface area contributed by atoms with Crippen LogP contribution in [-0.4, -0.2) is 22.2 Å². The molecule has 1 aromatic rings. The van der Waals surface area contributed by atoms with Gasteiger partial charge in [0.2, 0.25) is 0 Å². The molecule has 0 aliphatic heterocycles. The van der Waals surface area contributed by atoms with Gasteiger partial charge < -0.3 is 10.2 Å². The Labute approximate surface area is 95.3 Å². The molecule has 90 valence electrons. The van der Waals surface area contributed by atoms with Crippen molar-refractivity contribution >= 4 is 11.6 Å². The molecule has 0 bridgehead atoms. The summed E-state index contributed by atoms with van der Waals surface area (Å²) in [5, 5.41) is 18.8. The second-order valence-electron chi connectivity index (χ2n) is 3.27. The van der Waals surface area contributed by atoms with Crippen molar-refractivity contribution in [1.29, 1.82) is 0 Å². The Kier molecular flexibility index (Phi) is 4.58. The standard InChI is InChI=1S/C10H10ClF3O2/c11-2-1-8(15)10(16)9-6(13)3-5(12)4-7(9)14/h3-4,8,10,15-16H,1-2H2. The summed E-state index contributed by atoms with van der Waals surface area (Å²) in [5.74, 6) is -3.53. The van der Waals surface area contributed by atoms with Gasteiger partial charge in [-0.25, -0.2) is 13.2 Å². The second kappa shape index (κ2) is 5.52. The molecule has 6 heteroatoms. The van der Waals surface area contributed by atoms with Crippen molar-refractivity contribution < 1.29 is 23.4 Å². The molecular formula is C10H10ClF3O2. The molecule has 0 aliphatic rings. The molecule has 2 nitrogen and oxygen atoms in total. The molecule has 0 aliphatic carbocycles. The van der Waals surface area contributed by atoms with Crippen molar-refractivity contribution in [3.8, 4) is 0 Å². The van der Waals surface area contributed by atoms with Crippen LogP contribution in [0.3, 0.4) is 0 Å². The third-order valence-corrected chi connectivity index (χ3v) is 2.33. The highest BCUT2D eigenvalue weighted by molar-refractivity contribution is 6.17. The van der Waals surface area contributed by atoms with Gasteiger partial charge in [-0.1, -0.05) is 0 Å². The lowest BCUT2D eigenvalue weighted by molar-refractivity contribution is 0.0126. The van der Waals surface area contributed by atoms with Gasteiger partial charge in [-0.3, -0.25) is 0 Å². The monoisotopic (exact) mass is 254 g/mol. The van der Waals surface area contributed by atoms with Crippen molar-refractivity contribution in [2.24, 2.45) is 0 Å². The third-order valence-electron chi connectivity index (χ3n) is 2.11. The lowest BCUT2D eigenvalue weighted by Crippen LogP contribution is -2.21. The number of hydrogen-bond acceptors (Lipinski definition) is 2. The summed E-state index contributed by atoms with van der Waals surface area (Å²) in [5.41, 5.74) is -0.751. The highest BCUT2D eigenvalue weighted by Crippen LogP contribution is 2.25. The second-order valence-corrected chi connectivity index (χ2v) is 3.65. The first-order valence-corrected chi connectivity index (χ1v) is 5.07. The quantitative estimate of drug-likeness (QED) is 0.808. The molecule has 2 unspecified atom stereocenters. The van der Waals surface area contributed by atoms with E-state index < -0.39 is 35.2 Å². The zero-order valence-electron chi connectivity index (χ0n) is 8.13. The van der Waals surface area contributed by atoms with E-state index in [-0.39, 0.29) is 12.3 Å². The maximum atomic E-state index is 13.2. The minimum Gasteiger partial charge on any atom is -0.390 e. The number of hydrogen-bond donors (Lipinski definition) is 2. The van der Waals surface area contributed by atoms with E-state index in [0.717, 1.165) is 0 Å². The fourth-order valence-corrected chi connectivity index (χ4v) is 1.52. The van der Waals surface area contributed by atoms with Crippen molar-refractivity contribution in [2.75, 3.05) is 5.88 Å². The molecule has 0 aromatic heterocycles. The van der Waals surface area contributed by atoms with Crippen molar-refractivity contribution in [2.45, 2.75) is 18.6 Å². The number of benzene rings is 1. The molecule has 0 saturated carbocycles. The zero-order valence-corrected chi connectivity index (χ0v) is 8.89. The normalized spacial score (nSPS) is 14.9. The van der Waals surface area contributed by atoms with E-state index in [4.69, 9.17) is 11.6 Å². The van der Waals surface area contributed by atoms with Crippen LogP contribution >= 0.6 is 11.6 Å². The van der Waals surface area contributed by atoms with E-state index in [2.05, 4.69) is 0 Å². The Bertz CT molecular complexity index is 350. The molecule has 0 spiro atoms. The Morgan fingerprint density at radius 2 is 1.62 bits per heavy atom. The molecule has 0 amide bonds. The fourth-order valence-electron chi connectivity index (χ4n) is 1.30. The Morgan fingerprint density at radius 1 is 1.12 bits per heavy atom. The summed E-state index contributed by atoms with van der Waals surface area (Å²) in [7, 11) is 0. The molecule has 1 aromatic carbocycles. The van der Waals surface area contributed by atoms with E-state index in [1.807, 2.05) is 0 Å². The van der Waals surface area contributed by atoms with Gasteiger partial charge in [0, 0.05) is 18.0 Å². The predicted octanol–water partition coefficient (Wildman–Crippen LogP) is 2.13. The summed E-state index contributed by atoms with van der Waals surface area (Å²) in [4.78, 5) is 0. The van der Waals surface area contributed by atoms with Gasteiger partial charge in [-0.15, -0.1) is 11.6 Å². The van der Waals surface area contributed by atoms with E-state index in [0.29, 0.717) is 12.1 Å². The van der Waals surface area contributed by atoms with Gasteiger partial charge in [-0.05, 0) is 6.42 Å². The molecule has 0 radical (unpaired) electrons. The molecule has 16 heavy (non-hydrogen) atoms. The molecule has 0 saturated heterocycles. The highest BCUT2D eigenvalue weighted by atomic mass is 35.5. The minimum atomic E-state index is -1.76. The molecule has 2 N–H and O–H groups in total. The SMILES string of the molecule is OC(CCCl)C(O)c1c(F)cc(F)cc1F. The topological polar surface area (TPSA) is 40.5 Å². The maximum absolute atomic E-state index is 13.2. The van der Waals surface area contributed by atoms with Crippen molar-refractivity contribution in [3.63, 3.8) is 0 Å². The first kappa shape index (κ1) is 13.3. The lowest BCUT2D eigenvalue weighted by Gasteiger charge is -2.18. The van der Waals surface area contributed by atoms with Crippen molar-refractivity contribution in [3.05, 3.63) is 35.1 Å². The van der Waals surface area contributed by atoms with Gasteiger partial charge in [0.25, 0.3) is 0 Å². The number of rotatable bonds is 4. The molecule has 2 atom stereocenters. The fraction of sp³-hybridized carbons (Fsp3) is 0.400. The highest BCUT2D eigenvalue weighted by Gasteiger charge is 2.25. The first-order valence-electron chi connectivity index (χ1n) is 4.54. The number of halogens is 4. The Hall–Kier alpha value is -0.780. The van der Waals surface area contributed by atoms with Crippen LogP contribution in [0, 0.1) is 17.5 Å². The number of alkyl halides is 1. The molecular weight excluding hydrogens is 245 g/mol. The van der Waals surface area contributed by atoms with Crippen LogP contribution in [0.4, 0.5) is 13.2 Å². The van der Waals surface area contributed by atoms with E-state index >= 15 is 0 Å². The summed E-state index contributed by atoms with van der Waals surface area (Å²) in [6, 6.07) is 0.879. The summed E-state index contributed by atoms with van der Waals surface area (Å²) >= 11 is 5.31. The molecule has 0 fully saturated rings. The number of aliphatic hydroxyl groups is 2. The van der Waals surface area contributed by atoms with Gasteiger partial charge >= 0.3 is 0 Å². The summed E-state index contributed by atoms with van der Waals surface area (Å²) in [6.07, 6.45) is -3.19. The van der Waals surface area contributed by atoms with Crippen LogP contribution in [0.5, 0.6) is 0 Å². The van der Waals surface area contributed by atoms with Gasteiger partial charge in [0.05, 0.1) is 11.7 Å². The number of aliphatic hydroxyl groups excluding tert-OH is 2. The maximum Gasteiger partial charge on any atom is 0.134 e. The lowest BCUT2D eigenvalue weighted by atomic mass is 10.0. The first-order chi connectivity index (χ1) is 7.47. The predicted molar refractivity (Wildman–Crippen MR) is 52.6 cm³/mol. The Balaban J connectivity index is 3.03.